The number of benzene rings is 1. The Morgan fingerprint density at radius 2 is 2.05 bits per heavy atom. The first kappa shape index (κ1) is 14.1. The first-order valence-electron chi connectivity index (χ1n) is 6.15. The lowest BCUT2D eigenvalue weighted by atomic mass is 10.1. The monoisotopic (exact) mass is 310 g/mol. The van der Waals surface area contributed by atoms with Gasteiger partial charge in [0.05, 0.1) is 17.2 Å². The molecule has 1 aromatic carbocycles. The first-order chi connectivity index (χ1) is 10.3. The smallest absolute Gasteiger partial charge is 0.319 e. The summed E-state index contributed by atoms with van der Waals surface area (Å²) in [6.45, 7) is 1.65. The van der Waals surface area contributed by atoms with Crippen molar-refractivity contribution in [2.75, 3.05) is 0 Å². The van der Waals surface area contributed by atoms with Crippen LogP contribution in [0.5, 0.6) is 0 Å². The molecule has 0 saturated heterocycles. The van der Waals surface area contributed by atoms with Crippen molar-refractivity contribution >= 4 is 22.5 Å². The number of amides is 1. The van der Waals surface area contributed by atoms with Gasteiger partial charge >= 0.3 is 6.30 Å². The zero-order chi connectivity index (χ0) is 16.1. The van der Waals surface area contributed by atoms with Crippen LogP contribution in [0.3, 0.4) is 0 Å². The highest BCUT2D eigenvalue weighted by Gasteiger charge is 2.30. The van der Waals surface area contributed by atoms with Gasteiger partial charge in [0, 0.05) is 5.56 Å². The highest BCUT2D eigenvalue weighted by molar-refractivity contribution is 5.97. The molecule has 3 aromatic rings. The minimum Gasteiger partial charge on any atom is -0.319 e. The largest absolute Gasteiger partial charge is 0.484 e. The molecule has 1 amide bonds. The van der Waals surface area contributed by atoms with E-state index < -0.39 is 12.2 Å². The van der Waals surface area contributed by atoms with E-state index in [1.165, 1.54) is 28.8 Å². The van der Waals surface area contributed by atoms with Gasteiger partial charge < -0.3 is 4.98 Å². The lowest BCUT2D eigenvalue weighted by molar-refractivity contribution is -0.146. The SMILES string of the molecule is Cc1ncc2c(=O)[nH]c3ccc(C(=O)NC(F)(F)F)cc3n12. The Labute approximate surface area is 120 Å². The highest BCUT2D eigenvalue weighted by atomic mass is 19.4. The molecular weight excluding hydrogens is 301 g/mol. The Hall–Kier alpha value is -2.84. The van der Waals surface area contributed by atoms with E-state index in [9.17, 15) is 22.8 Å². The predicted molar refractivity (Wildman–Crippen MR) is 71.6 cm³/mol. The molecule has 0 aliphatic carbocycles. The molecular formula is C13H9F3N4O2. The second kappa shape index (κ2) is 4.58. The Kier molecular flexibility index (Phi) is 2.94. The third kappa shape index (κ3) is 2.30. The van der Waals surface area contributed by atoms with Crippen molar-refractivity contribution in [2.24, 2.45) is 0 Å². The van der Waals surface area contributed by atoms with E-state index in [-0.39, 0.29) is 16.6 Å². The molecule has 0 unspecified atom stereocenters. The lowest BCUT2D eigenvalue weighted by Gasteiger charge is -2.10. The van der Waals surface area contributed by atoms with E-state index >= 15 is 0 Å². The molecule has 0 fully saturated rings. The number of rotatable bonds is 1. The molecule has 2 N–H and O–H groups in total. The maximum Gasteiger partial charge on any atom is 0.484 e. The minimum absolute atomic E-state index is 0.175. The number of aromatic nitrogens is 3. The van der Waals surface area contributed by atoms with Gasteiger partial charge in [0.15, 0.2) is 0 Å². The average molecular weight is 310 g/mol. The number of imidazole rings is 1. The molecule has 0 saturated carbocycles. The van der Waals surface area contributed by atoms with Gasteiger partial charge in [0.1, 0.15) is 11.3 Å². The molecule has 0 radical (unpaired) electrons. The molecule has 0 bridgehead atoms. The van der Waals surface area contributed by atoms with Crippen LogP contribution in [-0.2, 0) is 0 Å². The predicted octanol–water partition coefficient (Wildman–Crippen LogP) is 1.73. The van der Waals surface area contributed by atoms with E-state index in [1.807, 2.05) is 0 Å². The van der Waals surface area contributed by atoms with Crippen molar-refractivity contribution in [1.29, 1.82) is 0 Å². The summed E-state index contributed by atoms with van der Waals surface area (Å²) in [7, 11) is 0. The second-order valence-corrected chi connectivity index (χ2v) is 4.66. The van der Waals surface area contributed by atoms with Gasteiger partial charge in [-0.05, 0) is 25.1 Å². The number of hydrogen-bond donors (Lipinski definition) is 2. The molecule has 9 heteroatoms. The molecule has 0 atom stereocenters. The van der Waals surface area contributed by atoms with Crippen molar-refractivity contribution < 1.29 is 18.0 Å². The molecule has 0 aliphatic rings. The fourth-order valence-electron chi connectivity index (χ4n) is 2.26. The van der Waals surface area contributed by atoms with Crippen LogP contribution in [0.1, 0.15) is 16.2 Å². The number of carbonyl (C=O) groups is 1. The number of aryl methyl sites for hydroxylation is 1. The zero-order valence-electron chi connectivity index (χ0n) is 11.2. The Morgan fingerprint density at radius 3 is 2.73 bits per heavy atom. The van der Waals surface area contributed by atoms with Gasteiger partial charge in [0.25, 0.3) is 11.5 Å². The molecule has 0 aliphatic heterocycles. The molecule has 22 heavy (non-hydrogen) atoms. The van der Waals surface area contributed by atoms with Gasteiger partial charge in [-0.2, -0.15) is 13.2 Å². The fourth-order valence-corrected chi connectivity index (χ4v) is 2.26. The van der Waals surface area contributed by atoms with Crippen molar-refractivity contribution in [2.45, 2.75) is 13.2 Å². The van der Waals surface area contributed by atoms with Gasteiger partial charge in [-0.3, -0.25) is 19.3 Å². The van der Waals surface area contributed by atoms with E-state index in [4.69, 9.17) is 0 Å². The molecule has 2 aromatic heterocycles. The van der Waals surface area contributed by atoms with Crippen LogP contribution in [0.15, 0.2) is 29.2 Å². The van der Waals surface area contributed by atoms with Crippen molar-refractivity contribution in [3.05, 3.63) is 46.1 Å². The fraction of sp³-hybridized carbons (Fsp3) is 0.154. The molecule has 3 rings (SSSR count). The topological polar surface area (TPSA) is 79.3 Å². The quantitative estimate of drug-likeness (QED) is 0.672. The Balaban J connectivity index is 2.23. The number of halogens is 3. The summed E-state index contributed by atoms with van der Waals surface area (Å²) >= 11 is 0. The van der Waals surface area contributed by atoms with Crippen LogP contribution in [0.25, 0.3) is 16.6 Å². The summed E-state index contributed by atoms with van der Waals surface area (Å²) in [6, 6.07) is 3.85. The van der Waals surface area contributed by atoms with Crippen molar-refractivity contribution in [1.82, 2.24) is 19.7 Å². The van der Waals surface area contributed by atoms with Crippen LogP contribution in [0.4, 0.5) is 13.2 Å². The summed E-state index contributed by atoms with van der Waals surface area (Å²) in [5, 5.41) is 0.932. The third-order valence-electron chi connectivity index (χ3n) is 3.18. The van der Waals surface area contributed by atoms with Crippen LogP contribution in [0, 0.1) is 6.92 Å². The van der Waals surface area contributed by atoms with E-state index in [0.717, 1.165) is 5.32 Å². The van der Waals surface area contributed by atoms with E-state index in [2.05, 4.69) is 9.97 Å². The number of carbonyl (C=O) groups excluding carboxylic acids is 1. The van der Waals surface area contributed by atoms with Gasteiger partial charge in [-0.1, -0.05) is 0 Å². The molecule has 114 valence electrons. The minimum atomic E-state index is -4.81. The number of nitrogens with one attached hydrogen (secondary N) is 2. The number of nitrogens with zero attached hydrogens (tertiary/aromatic N) is 2. The standard InChI is InChI=1S/C13H9F3N4O2/c1-6-17-5-10-12(22)18-8-3-2-7(4-9(8)20(6)10)11(21)19-13(14,15)16/h2-5H,1H3,(H,18,22)(H,19,21). The zero-order valence-corrected chi connectivity index (χ0v) is 11.2. The molecule has 6 nitrogen and oxygen atoms in total. The summed E-state index contributed by atoms with van der Waals surface area (Å²) in [6.07, 6.45) is -3.45. The highest BCUT2D eigenvalue weighted by Crippen LogP contribution is 2.17. The normalized spacial score (nSPS) is 12.0. The number of hydrogen-bond acceptors (Lipinski definition) is 3. The van der Waals surface area contributed by atoms with Gasteiger partial charge in [-0.15, -0.1) is 0 Å². The molecule has 2 heterocycles. The van der Waals surface area contributed by atoms with Crippen molar-refractivity contribution in [3.63, 3.8) is 0 Å². The average Bonchev–Trinajstić information content (AvgIpc) is 2.80. The summed E-state index contributed by atoms with van der Waals surface area (Å²) < 4.78 is 38.2. The van der Waals surface area contributed by atoms with Gasteiger partial charge in [0.2, 0.25) is 0 Å². The van der Waals surface area contributed by atoms with Crippen LogP contribution >= 0.6 is 0 Å². The Bertz CT molecular complexity index is 955. The van der Waals surface area contributed by atoms with Crippen LogP contribution < -0.4 is 10.9 Å². The third-order valence-corrected chi connectivity index (χ3v) is 3.18. The van der Waals surface area contributed by atoms with E-state index in [0.29, 0.717) is 16.9 Å². The maximum absolute atomic E-state index is 12.2. The summed E-state index contributed by atoms with van der Waals surface area (Å²) in [5.74, 6) is -0.786. The Morgan fingerprint density at radius 1 is 1.32 bits per heavy atom. The second-order valence-electron chi connectivity index (χ2n) is 4.66. The van der Waals surface area contributed by atoms with Crippen molar-refractivity contribution in [3.8, 4) is 0 Å². The van der Waals surface area contributed by atoms with Gasteiger partial charge in [-0.25, -0.2) is 4.98 Å². The number of aromatic amines is 1. The maximum atomic E-state index is 12.2. The van der Waals surface area contributed by atoms with Crippen LogP contribution in [0.2, 0.25) is 0 Å². The number of fused-ring (bicyclic) bond motifs is 3. The first-order valence-corrected chi connectivity index (χ1v) is 6.15. The number of alkyl halides is 3. The van der Waals surface area contributed by atoms with Crippen LogP contribution in [-0.4, -0.2) is 26.6 Å². The summed E-state index contributed by atoms with van der Waals surface area (Å²) in [5.41, 5.74) is 0.479. The molecule has 0 spiro atoms. The van der Waals surface area contributed by atoms with E-state index in [1.54, 1.807) is 6.92 Å². The summed E-state index contributed by atoms with van der Waals surface area (Å²) in [4.78, 5) is 30.1. The number of H-pyrrole nitrogens is 1. The lowest BCUT2D eigenvalue weighted by Crippen LogP contribution is -2.37.